The number of carbonyl (C=O) groups is 2. The number of rotatable bonds is 4. The summed E-state index contributed by atoms with van der Waals surface area (Å²) in [6.07, 6.45) is 0.862. The molecule has 0 saturated carbocycles. The molecule has 22 heavy (non-hydrogen) atoms. The molecule has 6 nitrogen and oxygen atoms in total. The average molecular weight is 305 g/mol. The van der Waals surface area contributed by atoms with Crippen molar-refractivity contribution in [1.29, 1.82) is 0 Å². The van der Waals surface area contributed by atoms with Crippen LogP contribution in [0.2, 0.25) is 0 Å². The van der Waals surface area contributed by atoms with Gasteiger partial charge >= 0.3 is 6.03 Å². The van der Waals surface area contributed by atoms with Crippen LogP contribution >= 0.6 is 0 Å². The first kappa shape index (κ1) is 16.1. The van der Waals surface area contributed by atoms with E-state index in [1.165, 1.54) is 0 Å². The third kappa shape index (κ3) is 3.50. The molecule has 1 aromatic carbocycles. The molecule has 1 atom stereocenters. The van der Waals surface area contributed by atoms with Crippen LogP contribution in [-0.2, 0) is 4.79 Å². The van der Waals surface area contributed by atoms with Gasteiger partial charge < -0.3 is 19.9 Å². The van der Waals surface area contributed by atoms with Gasteiger partial charge in [-0.05, 0) is 25.5 Å². The fourth-order valence-electron chi connectivity index (χ4n) is 2.36. The summed E-state index contributed by atoms with van der Waals surface area (Å²) < 4.78 is 5.30. The highest BCUT2D eigenvalue weighted by molar-refractivity contribution is 5.98. The molecule has 0 aliphatic carbocycles. The average Bonchev–Trinajstić information content (AvgIpc) is 2.54. The summed E-state index contributed by atoms with van der Waals surface area (Å²) in [6.45, 7) is 5.01. The molecule has 1 heterocycles. The van der Waals surface area contributed by atoms with Crippen LogP contribution in [0.25, 0.3) is 0 Å². The maximum atomic E-state index is 12.4. The quantitative estimate of drug-likeness (QED) is 0.923. The van der Waals surface area contributed by atoms with Crippen LogP contribution in [0.15, 0.2) is 24.3 Å². The number of methoxy groups -OCH3 is 1. The number of urea groups is 1. The van der Waals surface area contributed by atoms with Crippen LogP contribution < -0.4 is 15.0 Å². The van der Waals surface area contributed by atoms with E-state index < -0.39 is 0 Å². The van der Waals surface area contributed by atoms with Crippen LogP contribution in [0, 0.1) is 0 Å². The van der Waals surface area contributed by atoms with Crippen molar-refractivity contribution < 1.29 is 14.3 Å². The Bertz CT molecular complexity index is 547. The first-order valence-electron chi connectivity index (χ1n) is 7.55. The van der Waals surface area contributed by atoms with Crippen molar-refractivity contribution in [2.45, 2.75) is 26.3 Å². The number of carbonyl (C=O) groups excluding carboxylic acids is 2. The van der Waals surface area contributed by atoms with E-state index in [1.807, 2.05) is 38.1 Å². The molecule has 1 aliphatic rings. The van der Waals surface area contributed by atoms with E-state index >= 15 is 0 Å². The maximum Gasteiger partial charge on any atom is 0.318 e. The van der Waals surface area contributed by atoms with Crippen LogP contribution in [-0.4, -0.2) is 49.6 Å². The number of para-hydroxylation sites is 2. The number of benzene rings is 1. The fourth-order valence-corrected chi connectivity index (χ4v) is 2.36. The zero-order chi connectivity index (χ0) is 16.1. The zero-order valence-electron chi connectivity index (χ0n) is 13.3. The summed E-state index contributed by atoms with van der Waals surface area (Å²) in [5.74, 6) is 0.559. The minimum atomic E-state index is -0.178. The monoisotopic (exact) mass is 305 g/mol. The molecule has 6 heteroatoms. The summed E-state index contributed by atoms with van der Waals surface area (Å²) in [5.41, 5.74) is 0.747. The predicted molar refractivity (Wildman–Crippen MR) is 85.2 cm³/mol. The van der Waals surface area contributed by atoms with Crippen molar-refractivity contribution in [1.82, 2.24) is 10.2 Å². The number of ether oxygens (including phenoxy) is 1. The molecule has 0 unspecified atom stereocenters. The van der Waals surface area contributed by atoms with Crippen molar-refractivity contribution in [3.05, 3.63) is 24.3 Å². The molecule has 1 N–H and O–H groups in total. The lowest BCUT2D eigenvalue weighted by Gasteiger charge is -2.35. The Labute approximate surface area is 131 Å². The van der Waals surface area contributed by atoms with Crippen molar-refractivity contribution >= 4 is 17.6 Å². The number of nitrogens with zero attached hydrogens (tertiary/aromatic N) is 2. The van der Waals surface area contributed by atoms with Gasteiger partial charge in [-0.15, -0.1) is 0 Å². The third-order valence-electron chi connectivity index (χ3n) is 3.87. The van der Waals surface area contributed by atoms with E-state index in [2.05, 4.69) is 5.32 Å². The van der Waals surface area contributed by atoms with Gasteiger partial charge in [-0.2, -0.15) is 0 Å². The van der Waals surface area contributed by atoms with E-state index in [0.29, 0.717) is 18.8 Å². The smallest absolute Gasteiger partial charge is 0.318 e. The molecule has 1 saturated heterocycles. The second-order valence-electron chi connectivity index (χ2n) is 5.40. The second-order valence-corrected chi connectivity index (χ2v) is 5.40. The first-order chi connectivity index (χ1) is 10.6. The van der Waals surface area contributed by atoms with Gasteiger partial charge in [-0.25, -0.2) is 4.79 Å². The van der Waals surface area contributed by atoms with Crippen LogP contribution in [0.3, 0.4) is 0 Å². The normalized spacial score (nSPS) is 16.4. The Hall–Kier alpha value is -2.24. The van der Waals surface area contributed by atoms with E-state index in [-0.39, 0.29) is 24.5 Å². The number of hydrogen-bond acceptors (Lipinski definition) is 3. The van der Waals surface area contributed by atoms with Crippen molar-refractivity contribution in [3.63, 3.8) is 0 Å². The summed E-state index contributed by atoms with van der Waals surface area (Å²) in [4.78, 5) is 27.7. The lowest BCUT2D eigenvalue weighted by Crippen LogP contribution is -2.55. The van der Waals surface area contributed by atoms with Crippen LogP contribution in [0.4, 0.5) is 10.5 Å². The van der Waals surface area contributed by atoms with E-state index in [4.69, 9.17) is 4.74 Å². The molecular formula is C16H23N3O3. The summed E-state index contributed by atoms with van der Waals surface area (Å²) in [7, 11) is 1.58. The Kier molecular flexibility index (Phi) is 5.25. The molecule has 3 amide bonds. The minimum absolute atomic E-state index is 0.0836. The van der Waals surface area contributed by atoms with Crippen molar-refractivity contribution in [2.75, 3.05) is 31.6 Å². The van der Waals surface area contributed by atoms with Gasteiger partial charge in [0.05, 0.1) is 12.8 Å². The topological polar surface area (TPSA) is 61.9 Å². The fraction of sp³-hybridized carbons (Fsp3) is 0.500. The standard InChI is InChI=1S/C16H23N3O3/c1-4-12(2)17-16(21)18-9-10-19(15(20)11-18)13-7-5-6-8-14(13)22-3/h5-8,12H,4,9-11H2,1-3H3,(H,17,21)/t12-/m0/s1. The number of nitrogens with one attached hydrogen (secondary N) is 1. The largest absolute Gasteiger partial charge is 0.495 e. The Morgan fingerprint density at radius 1 is 1.36 bits per heavy atom. The van der Waals surface area contributed by atoms with Crippen molar-refractivity contribution in [3.8, 4) is 5.75 Å². The lowest BCUT2D eigenvalue weighted by molar-refractivity contribution is -0.120. The van der Waals surface area contributed by atoms with E-state index in [0.717, 1.165) is 12.1 Å². The molecule has 0 radical (unpaired) electrons. The SMILES string of the molecule is CC[C@H](C)NC(=O)N1CCN(c2ccccc2OC)C(=O)C1. The Morgan fingerprint density at radius 2 is 2.09 bits per heavy atom. The summed E-state index contributed by atoms with van der Waals surface area (Å²) in [5, 5.41) is 2.89. The number of anilines is 1. The predicted octanol–water partition coefficient (Wildman–Crippen LogP) is 1.85. The molecule has 0 spiro atoms. The second kappa shape index (κ2) is 7.15. The molecule has 1 fully saturated rings. The van der Waals surface area contributed by atoms with Gasteiger partial charge in [-0.1, -0.05) is 19.1 Å². The van der Waals surface area contributed by atoms with Gasteiger partial charge in [0.1, 0.15) is 12.3 Å². The molecule has 0 bridgehead atoms. The zero-order valence-corrected chi connectivity index (χ0v) is 13.3. The minimum Gasteiger partial charge on any atom is -0.495 e. The highest BCUT2D eigenvalue weighted by Crippen LogP contribution is 2.28. The number of hydrogen-bond donors (Lipinski definition) is 1. The number of amides is 3. The summed E-state index contributed by atoms with van der Waals surface area (Å²) in [6, 6.07) is 7.34. The van der Waals surface area contributed by atoms with Gasteiger partial charge in [0, 0.05) is 19.1 Å². The molecule has 120 valence electrons. The molecule has 0 aromatic heterocycles. The third-order valence-corrected chi connectivity index (χ3v) is 3.87. The Balaban J connectivity index is 2.04. The van der Waals surface area contributed by atoms with E-state index in [9.17, 15) is 9.59 Å². The van der Waals surface area contributed by atoms with Crippen LogP contribution in [0.5, 0.6) is 5.75 Å². The first-order valence-corrected chi connectivity index (χ1v) is 7.55. The van der Waals surface area contributed by atoms with Gasteiger partial charge in [0.15, 0.2) is 0 Å². The molecule has 2 rings (SSSR count). The van der Waals surface area contributed by atoms with E-state index in [1.54, 1.807) is 16.9 Å². The van der Waals surface area contributed by atoms with Crippen molar-refractivity contribution in [2.24, 2.45) is 0 Å². The molecular weight excluding hydrogens is 282 g/mol. The van der Waals surface area contributed by atoms with Crippen LogP contribution in [0.1, 0.15) is 20.3 Å². The van der Waals surface area contributed by atoms with Gasteiger partial charge in [-0.3, -0.25) is 4.79 Å². The number of piperazine rings is 1. The lowest BCUT2D eigenvalue weighted by atomic mass is 10.2. The maximum absolute atomic E-state index is 12.4. The summed E-state index contributed by atoms with van der Waals surface area (Å²) >= 11 is 0. The van der Waals surface area contributed by atoms with Gasteiger partial charge in [0.25, 0.3) is 0 Å². The highest BCUT2D eigenvalue weighted by atomic mass is 16.5. The van der Waals surface area contributed by atoms with Gasteiger partial charge in [0.2, 0.25) is 5.91 Å². The Morgan fingerprint density at radius 3 is 2.73 bits per heavy atom. The molecule has 1 aliphatic heterocycles. The highest BCUT2D eigenvalue weighted by Gasteiger charge is 2.29. The molecule has 1 aromatic rings.